The number of hydrogen-bond donors (Lipinski definition) is 1. The summed E-state index contributed by atoms with van der Waals surface area (Å²) < 4.78 is 47.6. The monoisotopic (exact) mass is 376 g/mol. The van der Waals surface area contributed by atoms with Crippen LogP contribution in [0, 0.1) is 0 Å². The first-order chi connectivity index (χ1) is 8.09. The molecule has 0 amide bonds. The Morgan fingerprint density at radius 2 is 1.94 bits per heavy atom. The van der Waals surface area contributed by atoms with Crippen molar-refractivity contribution < 1.29 is 16.8 Å². The first-order valence-corrected chi connectivity index (χ1v) is 9.47. The Morgan fingerprint density at radius 3 is 2.44 bits per heavy atom. The van der Waals surface area contributed by atoms with Gasteiger partial charge in [0, 0.05) is 6.26 Å². The fraction of sp³-hybridized carbons (Fsp3) is 0.375. The molecule has 1 aromatic rings. The van der Waals surface area contributed by atoms with Crippen molar-refractivity contribution in [3.05, 3.63) is 21.9 Å². The zero-order valence-corrected chi connectivity index (χ0v) is 13.2. The van der Waals surface area contributed by atoms with E-state index in [1.807, 2.05) is 0 Å². The van der Waals surface area contributed by atoms with E-state index in [0.29, 0.717) is 4.47 Å². The van der Waals surface area contributed by atoms with E-state index < -0.39 is 31.4 Å². The molecule has 0 aliphatic heterocycles. The fourth-order valence-corrected chi connectivity index (χ4v) is 4.08. The largest absolute Gasteiger partial charge is 0.282 e. The second-order valence-corrected chi connectivity index (χ2v) is 8.86. The van der Waals surface area contributed by atoms with Crippen LogP contribution in [0.15, 0.2) is 16.7 Å². The Balaban J connectivity index is 2.80. The first kappa shape index (κ1) is 15.7. The topological polar surface area (TPSA) is 93.2 Å². The molecule has 0 aliphatic rings. The number of halogens is 2. The number of nitrogens with zero attached hydrogens (tertiary/aromatic N) is 1. The van der Waals surface area contributed by atoms with Gasteiger partial charge in [-0.3, -0.25) is 4.72 Å². The molecule has 1 heterocycles. The van der Waals surface area contributed by atoms with Crippen molar-refractivity contribution in [1.29, 1.82) is 0 Å². The highest BCUT2D eigenvalue weighted by atomic mass is 79.9. The van der Waals surface area contributed by atoms with Gasteiger partial charge in [0.15, 0.2) is 0 Å². The van der Waals surface area contributed by atoms with E-state index in [0.717, 1.165) is 6.26 Å². The zero-order chi connectivity index (χ0) is 14.0. The van der Waals surface area contributed by atoms with Crippen LogP contribution in [-0.4, -0.2) is 39.6 Å². The summed E-state index contributed by atoms with van der Waals surface area (Å²) in [7, 11) is -7.06. The Hall–Kier alpha value is -0.380. The average molecular weight is 378 g/mol. The third-order valence-electron chi connectivity index (χ3n) is 1.79. The van der Waals surface area contributed by atoms with Crippen molar-refractivity contribution in [2.45, 2.75) is 0 Å². The van der Waals surface area contributed by atoms with Crippen LogP contribution in [0.3, 0.4) is 0 Å². The second-order valence-electron chi connectivity index (χ2n) is 3.55. The minimum atomic E-state index is -3.73. The van der Waals surface area contributed by atoms with Gasteiger partial charge in [0.2, 0.25) is 10.0 Å². The van der Waals surface area contributed by atoms with Gasteiger partial charge >= 0.3 is 0 Å². The summed E-state index contributed by atoms with van der Waals surface area (Å²) in [6.45, 7) is 0. The zero-order valence-electron chi connectivity index (χ0n) is 9.22. The summed E-state index contributed by atoms with van der Waals surface area (Å²) in [6, 6.07) is 1.44. The van der Waals surface area contributed by atoms with E-state index in [1.54, 1.807) is 0 Å². The van der Waals surface area contributed by atoms with Gasteiger partial charge in [-0.25, -0.2) is 21.8 Å². The minimum Gasteiger partial charge on any atom is -0.282 e. The number of nitrogens with one attached hydrogen (secondary N) is 1. The SMILES string of the molecule is CS(=O)(=O)CCS(=O)(=O)Nc1cnc(Cl)c(Br)c1. The van der Waals surface area contributed by atoms with Gasteiger partial charge in [-0.05, 0) is 22.0 Å². The van der Waals surface area contributed by atoms with E-state index in [2.05, 4.69) is 25.6 Å². The lowest BCUT2D eigenvalue weighted by Crippen LogP contribution is -2.22. The maximum absolute atomic E-state index is 11.6. The number of pyridine rings is 1. The molecular formula is C8H10BrClN2O4S2. The van der Waals surface area contributed by atoms with Crippen LogP contribution < -0.4 is 4.72 Å². The lowest BCUT2D eigenvalue weighted by Gasteiger charge is -2.07. The third-order valence-corrected chi connectivity index (χ3v) is 5.42. The van der Waals surface area contributed by atoms with Crippen molar-refractivity contribution in [1.82, 2.24) is 4.98 Å². The third kappa shape index (κ3) is 5.51. The van der Waals surface area contributed by atoms with E-state index in [4.69, 9.17) is 11.6 Å². The quantitative estimate of drug-likeness (QED) is 0.780. The van der Waals surface area contributed by atoms with E-state index in [-0.39, 0.29) is 10.8 Å². The molecule has 102 valence electrons. The number of sulfone groups is 1. The predicted molar refractivity (Wildman–Crippen MR) is 74.1 cm³/mol. The maximum Gasteiger partial charge on any atom is 0.233 e. The summed E-state index contributed by atoms with van der Waals surface area (Å²) in [5, 5.41) is 0.203. The standard InChI is InChI=1S/C8H10BrClN2O4S2/c1-17(13,14)2-3-18(15,16)12-6-4-7(9)8(10)11-5-6/h4-5,12H,2-3H2,1H3. The molecule has 0 unspecified atom stereocenters. The number of aromatic nitrogens is 1. The lowest BCUT2D eigenvalue weighted by molar-refractivity contribution is 0.593. The molecule has 0 saturated heterocycles. The summed E-state index contributed by atoms with van der Waals surface area (Å²) in [5.41, 5.74) is 0.208. The fourth-order valence-electron chi connectivity index (χ4n) is 0.969. The highest BCUT2D eigenvalue weighted by Crippen LogP contribution is 2.23. The first-order valence-electron chi connectivity index (χ1n) is 4.58. The molecule has 0 aliphatic carbocycles. The van der Waals surface area contributed by atoms with Crippen LogP contribution in [0.25, 0.3) is 0 Å². The Morgan fingerprint density at radius 1 is 1.33 bits per heavy atom. The lowest BCUT2D eigenvalue weighted by atomic mass is 10.4. The summed E-state index contributed by atoms with van der Waals surface area (Å²) in [4.78, 5) is 3.75. The van der Waals surface area contributed by atoms with Gasteiger partial charge in [0.1, 0.15) is 15.0 Å². The molecule has 0 aromatic carbocycles. The molecule has 18 heavy (non-hydrogen) atoms. The van der Waals surface area contributed by atoms with Crippen LogP contribution in [0.2, 0.25) is 5.15 Å². The average Bonchev–Trinajstić information content (AvgIpc) is 2.20. The molecule has 10 heteroatoms. The van der Waals surface area contributed by atoms with Crippen molar-refractivity contribution in [2.24, 2.45) is 0 Å². The van der Waals surface area contributed by atoms with Crippen LogP contribution >= 0.6 is 27.5 Å². The van der Waals surface area contributed by atoms with Crippen molar-refractivity contribution >= 4 is 53.1 Å². The summed E-state index contributed by atoms with van der Waals surface area (Å²) in [5.74, 6) is -0.948. The van der Waals surface area contributed by atoms with E-state index in [9.17, 15) is 16.8 Å². The number of hydrogen-bond acceptors (Lipinski definition) is 5. The van der Waals surface area contributed by atoms with Crippen LogP contribution in [-0.2, 0) is 19.9 Å². The Bertz CT molecular complexity index is 645. The molecule has 0 bridgehead atoms. The summed E-state index contributed by atoms with van der Waals surface area (Å²) in [6.07, 6.45) is 2.22. The highest BCUT2D eigenvalue weighted by molar-refractivity contribution is 9.10. The molecule has 6 nitrogen and oxygen atoms in total. The van der Waals surface area contributed by atoms with Crippen LogP contribution in [0.4, 0.5) is 5.69 Å². The van der Waals surface area contributed by atoms with Gasteiger partial charge in [-0.1, -0.05) is 11.6 Å². The predicted octanol–water partition coefficient (Wildman–Crippen LogP) is 1.28. The van der Waals surface area contributed by atoms with Crippen molar-refractivity contribution in [2.75, 3.05) is 22.5 Å². The smallest absolute Gasteiger partial charge is 0.233 e. The number of rotatable bonds is 5. The van der Waals surface area contributed by atoms with Gasteiger partial charge in [0.25, 0.3) is 0 Å². The molecular weight excluding hydrogens is 368 g/mol. The second kappa shape index (κ2) is 5.72. The molecule has 1 rings (SSSR count). The molecule has 1 N–H and O–H groups in total. The molecule has 0 fully saturated rings. The van der Waals surface area contributed by atoms with Gasteiger partial charge in [0.05, 0.1) is 27.9 Å². The number of anilines is 1. The van der Waals surface area contributed by atoms with Gasteiger partial charge < -0.3 is 0 Å². The van der Waals surface area contributed by atoms with Gasteiger partial charge in [-0.2, -0.15) is 0 Å². The van der Waals surface area contributed by atoms with E-state index >= 15 is 0 Å². The normalized spacial score (nSPS) is 12.4. The van der Waals surface area contributed by atoms with Gasteiger partial charge in [-0.15, -0.1) is 0 Å². The molecule has 0 spiro atoms. The van der Waals surface area contributed by atoms with Crippen molar-refractivity contribution in [3.63, 3.8) is 0 Å². The Labute approximate surface area is 119 Å². The summed E-state index contributed by atoms with van der Waals surface area (Å²) >= 11 is 8.76. The van der Waals surface area contributed by atoms with Crippen LogP contribution in [0.1, 0.15) is 0 Å². The minimum absolute atomic E-state index is 0.203. The highest BCUT2D eigenvalue weighted by Gasteiger charge is 2.15. The molecule has 0 saturated carbocycles. The van der Waals surface area contributed by atoms with E-state index in [1.165, 1.54) is 12.3 Å². The molecule has 0 atom stereocenters. The molecule has 0 radical (unpaired) electrons. The van der Waals surface area contributed by atoms with Crippen LogP contribution in [0.5, 0.6) is 0 Å². The maximum atomic E-state index is 11.6. The molecule has 1 aromatic heterocycles. The number of sulfonamides is 1. The Kier molecular flexibility index (Phi) is 4.98. The van der Waals surface area contributed by atoms with Crippen molar-refractivity contribution in [3.8, 4) is 0 Å².